The maximum Gasteiger partial charge on any atom is 0.253 e. The number of pyridine rings is 1. The number of ether oxygens (including phenoxy) is 4. The molecule has 2 N–H and O–H groups in total. The molecule has 2 aliphatic heterocycles. The van der Waals surface area contributed by atoms with Crippen molar-refractivity contribution in [1.82, 2.24) is 10.3 Å². The van der Waals surface area contributed by atoms with Gasteiger partial charge in [-0.2, -0.15) is 0 Å². The number of fused-ring (bicyclic) bond motifs is 1. The van der Waals surface area contributed by atoms with Gasteiger partial charge in [0.15, 0.2) is 17.3 Å². The Hall–Kier alpha value is -2.55. The maximum absolute atomic E-state index is 13.1. The summed E-state index contributed by atoms with van der Waals surface area (Å²) in [5.74, 6) is 0.529. The van der Waals surface area contributed by atoms with Gasteiger partial charge in [-0.25, -0.2) is 0 Å². The first-order valence-electron chi connectivity index (χ1n) is 12.1. The average Bonchev–Trinajstić information content (AvgIpc) is 3.28. The van der Waals surface area contributed by atoms with Crippen LogP contribution in [-0.4, -0.2) is 42.6 Å². The van der Waals surface area contributed by atoms with Gasteiger partial charge in [0.05, 0.1) is 18.2 Å². The van der Waals surface area contributed by atoms with Crippen LogP contribution in [0.15, 0.2) is 16.9 Å². The number of H-pyrrole nitrogens is 1. The van der Waals surface area contributed by atoms with Crippen molar-refractivity contribution in [3.05, 3.63) is 55.5 Å². The number of rotatable bonds is 4. The van der Waals surface area contributed by atoms with Gasteiger partial charge >= 0.3 is 0 Å². The van der Waals surface area contributed by atoms with E-state index in [1.807, 2.05) is 26.8 Å². The summed E-state index contributed by atoms with van der Waals surface area (Å²) >= 11 is 6.49. The zero-order valence-corrected chi connectivity index (χ0v) is 21.0. The van der Waals surface area contributed by atoms with Crippen molar-refractivity contribution < 1.29 is 23.7 Å². The number of benzene rings is 1. The van der Waals surface area contributed by atoms with Gasteiger partial charge in [0.2, 0.25) is 0 Å². The van der Waals surface area contributed by atoms with Crippen molar-refractivity contribution in [2.45, 2.75) is 64.9 Å². The minimum atomic E-state index is -0.425. The predicted molar refractivity (Wildman–Crippen MR) is 130 cm³/mol. The Bertz CT molecular complexity index is 1190. The Kier molecular flexibility index (Phi) is 6.55. The molecule has 9 heteroatoms. The summed E-state index contributed by atoms with van der Waals surface area (Å²) in [6, 6.07) is 3.48. The van der Waals surface area contributed by atoms with E-state index in [0.29, 0.717) is 59.0 Å². The maximum atomic E-state index is 13.1. The number of aryl methyl sites for hydroxylation is 2. The highest BCUT2D eigenvalue weighted by Gasteiger charge is 2.43. The monoisotopic (exact) mass is 502 g/mol. The van der Waals surface area contributed by atoms with Gasteiger partial charge < -0.3 is 29.2 Å². The van der Waals surface area contributed by atoms with E-state index in [1.165, 1.54) is 0 Å². The Morgan fingerprint density at radius 3 is 2.54 bits per heavy atom. The molecule has 2 fully saturated rings. The summed E-state index contributed by atoms with van der Waals surface area (Å²) in [6.07, 6.45) is 3.37. The Balaban J connectivity index is 1.31. The Labute approximate surface area is 209 Å². The molecule has 35 heavy (non-hydrogen) atoms. The molecule has 0 radical (unpaired) electrons. The van der Waals surface area contributed by atoms with Gasteiger partial charge in [0, 0.05) is 41.8 Å². The topological polar surface area (TPSA) is 98.9 Å². The summed E-state index contributed by atoms with van der Waals surface area (Å²) in [4.78, 5) is 28.2. The summed E-state index contributed by atoms with van der Waals surface area (Å²) < 4.78 is 24.1. The van der Waals surface area contributed by atoms with Crippen LogP contribution < -0.4 is 20.3 Å². The van der Waals surface area contributed by atoms with E-state index in [-0.39, 0.29) is 24.1 Å². The Morgan fingerprint density at radius 1 is 1.14 bits per heavy atom. The van der Waals surface area contributed by atoms with Gasteiger partial charge in [0.1, 0.15) is 12.7 Å². The second kappa shape index (κ2) is 9.48. The van der Waals surface area contributed by atoms with Crippen LogP contribution in [0.5, 0.6) is 11.5 Å². The normalized spacial score (nSPS) is 21.3. The molecule has 8 nitrogen and oxygen atoms in total. The van der Waals surface area contributed by atoms with Crippen LogP contribution in [0.3, 0.4) is 0 Å². The molecule has 3 heterocycles. The van der Waals surface area contributed by atoms with Crippen LogP contribution in [-0.2, 0) is 16.0 Å². The standard InChI is InChI=1S/C26H31ClN2O6/c1-14-10-15(2)29-25(31)19(14)12-28-24(30)18-11-20(27)23-22(16(18)3)35-21(13-32-23)17-4-6-26(7-5-17)33-8-9-34-26/h10-11,17,21H,4-9,12-13H2,1-3H3,(H,28,30)(H,29,31)/t21-/m1/s1. The molecule has 5 rings (SSSR count). The van der Waals surface area contributed by atoms with Crippen LogP contribution in [0.2, 0.25) is 5.02 Å². The van der Waals surface area contributed by atoms with Crippen LogP contribution in [0.4, 0.5) is 0 Å². The molecular formula is C26H31ClN2O6. The SMILES string of the molecule is Cc1cc(C)c(CNC(=O)c2cc(Cl)c3c(c2C)O[C@@H](C2CCC4(CC2)OCCO4)CO3)c(=O)[nH]1. The number of aromatic amines is 1. The van der Waals surface area contributed by atoms with Crippen molar-refractivity contribution in [2.75, 3.05) is 19.8 Å². The van der Waals surface area contributed by atoms with Gasteiger partial charge in [-0.1, -0.05) is 11.6 Å². The fraction of sp³-hybridized carbons (Fsp3) is 0.538. The van der Waals surface area contributed by atoms with Crippen molar-refractivity contribution >= 4 is 17.5 Å². The third kappa shape index (κ3) is 4.67. The molecule has 1 saturated carbocycles. The molecule has 1 aromatic heterocycles. The molecule has 1 spiro atoms. The molecule has 0 bridgehead atoms. The van der Waals surface area contributed by atoms with E-state index in [2.05, 4.69) is 10.3 Å². The van der Waals surface area contributed by atoms with Gasteiger partial charge in [-0.05, 0) is 57.2 Å². The van der Waals surface area contributed by atoms with Crippen molar-refractivity contribution in [3.63, 3.8) is 0 Å². The van der Waals surface area contributed by atoms with Gasteiger partial charge in [0.25, 0.3) is 11.5 Å². The number of aromatic nitrogens is 1. The largest absolute Gasteiger partial charge is 0.484 e. The molecule has 188 valence electrons. The minimum absolute atomic E-state index is 0.113. The highest BCUT2D eigenvalue weighted by atomic mass is 35.5. The highest BCUT2D eigenvalue weighted by Crippen LogP contribution is 2.46. The molecule has 1 atom stereocenters. The third-order valence-electron chi connectivity index (χ3n) is 7.40. The number of amides is 1. The average molecular weight is 503 g/mol. The van der Waals surface area contributed by atoms with E-state index < -0.39 is 5.79 Å². The van der Waals surface area contributed by atoms with E-state index in [4.69, 9.17) is 30.5 Å². The second-order valence-electron chi connectivity index (χ2n) is 9.73. The van der Waals surface area contributed by atoms with Crippen molar-refractivity contribution in [2.24, 2.45) is 5.92 Å². The van der Waals surface area contributed by atoms with E-state index in [9.17, 15) is 9.59 Å². The van der Waals surface area contributed by atoms with Crippen LogP contribution >= 0.6 is 11.6 Å². The predicted octanol–water partition coefficient (Wildman–Crippen LogP) is 3.96. The zero-order valence-electron chi connectivity index (χ0n) is 20.3. The molecule has 2 aromatic rings. The third-order valence-corrected chi connectivity index (χ3v) is 7.68. The smallest absolute Gasteiger partial charge is 0.253 e. The Morgan fingerprint density at radius 2 is 1.86 bits per heavy atom. The molecule has 1 amide bonds. The fourth-order valence-corrected chi connectivity index (χ4v) is 5.65. The van der Waals surface area contributed by atoms with Gasteiger partial charge in [-0.3, -0.25) is 9.59 Å². The number of carbonyl (C=O) groups excluding carboxylic acids is 1. The van der Waals surface area contributed by atoms with Gasteiger partial charge in [-0.15, -0.1) is 0 Å². The summed E-state index contributed by atoms with van der Waals surface area (Å²) in [5, 5.41) is 3.18. The highest BCUT2D eigenvalue weighted by molar-refractivity contribution is 6.32. The lowest BCUT2D eigenvalue weighted by Crippen LogP contribution is -2.43. The van der Waals surface area contributed by atoms with Crippen LogP contribution in [0.25, 0.3) is 0 Å². The quantitative estimate of drug-likeness (QED) is 0.656. The number of hydrogen-bond acceptors (Lipinski definition) is 6. The molecule has 1 saturated heterocycles. The van der Waals surface area contributed by atoms with E-state index >= 15 is 0 Å². The van der Waals surface area contributed by atoms with Crippen molar-refractivity contribution in [3.8, 4) is 11.5 Å². The summed E-state index contributed by atoms with van der Waals surface area (Å²) in [6.45, 7) is 7.34. The van der Waals surface area contributed by atoms with Crippen molar-refractivity contribution in [1.29, 1.82) is 0 Å². The number of halogens is 1. The molecular weight excluding hydrogens is 472 g/mol. The molecule has 3 aliphatic rings. The first-order chi connectivity index (χ1) is 16.8. The fourth-order valence-electron chi connectivity index (χ4n) is 5.40. The van der Waals surface area contributed by atoms with E-state index in [0.717, 1.165) is 36.9 Å². The zero-order chi connectivity index (χ0) is 24.7. The second-order valence-corrected chi connectivity index (χ2v) is 10.1. The number of carbonyl (C=O) groups is 1. The number of hydrogen-bond donors (Lipinski definition) is 2. The first-order valence-corrected chi connectivity index (χ1v) is 12.5. The lowest BCUT2D eigenvalue weighted by atomic mass is 9.81. The summed E-state index contributed by atoms with van der Waals surface area (Å²) in [7, 11) is 0. The summed E-state index contributed by atoms with van der Waals surface area (Å²) in [5.41, 5.74) is 2.99. The minimum Gasteiger partial charge on any atom is -0.484 e. The van der Waals surface area contributed by atoms with Crippen LogP contribution in [0, 0.1) is 26.7 Å². The molecule has 1 aromatic carbocycles. The molecule has 0 unspecified atom stereocenters. The lowest BCUT2D eigenvalue weighted by Gasteiger charge is -2.40. The lowest BCUT2D eigenvalue weighted by molar-refractivity contribution is -0.187. The first kappa shape index (κ1) is 24.2. The van der Waals surface area contributed by atoms with Crippen LogP contribution in [0.1, 0.15) is 58.4 Å². The van der Waals surface area contributed by atoms with E-state index in [1.54, 1.807) is 6.07 Å². The number of nitrogens with one attached hydrogen (secondary N) is 2. The molecule has 1 aliphatic carbocycles.